The molecule has 0 heterocycles. The molecule has 0 aliphatic heterocycles. The number of hydrogen-bond donors (Lipinski definition) is 10. The first-order valence-electron chi connectivity index (χ1n) is 11.9. The minimum absolute atomic E-state index is 0.0799. The molecule has 0 aromatic carbocycles. The molecular weight excluding hydrogens is 508 g/mol. The number of carboxylic acid groups (broad SMARTS) is 3. The average Bonchev–Trinajstić information content (AvgIpc) is 2.82. The van der Waals surface area contributed by atoms with E-state index in [-0.39, 0.29) is 38.2 Å². The summed E-state index contributed by atoms with van der Waals surface area (Å²) in [5.74, 6) is -7.29. The van der Waals surface area contributed by atoms with E-state index in [0.29, 0.717) is 19.4 Å². The molecule has 14 N–H and O–H groups in total. The van der Waals surface area contributed by atoms with E-state index in [1.165, 1.54) is 0 Å². The Kier molecular flexibility index (Phi) is 16.4. The van der Waals surface area contributed by atoms with Gasteiger partial charge in [0.1, 0.15) is 18.1 Å². The van der Waals surface area contributed by atoms with Crippen molar-refractivity contribution in [3.05, 3.63) is 0 Å². The Labute approximate surface area is 218 Å². The lowest BCUT2D eigenvalue weighted by molar-refractivity contribution is -0.143. The summed E-state index contributed by atoms with van der Waals surface area (Å²) in [4.78, 5) is 75.6. The fourth-order valence-electron chi connectivity index (χ4n) is 3.14. The normalized spacial score (nSPS) is 13.7. The largest absolute Gasteiger partial charge is 0.481 e. The highest BCUT2D eigenvalue weighted by Crippen LogP contribution is 2.05. The summed E-state index contributed by atoms with van der Waals surface area (Å²) < 4.78 is 0. The number of aliphatic imine (C=N–C) groups is 1. The number of aliphatic carboxylic acids is 3. The second kappa shape index (κ2) is 18.3. The fourth-order valence-corrected chi connectivity index (χ4v) is 3.14. The molecule has 0 aliphatic rings. The number of nitrogens with two attached hydrogens (primary N) is 4. The maximum absolute atomic E-state index is 12.9. The van der Waals surface area contributed by atoms with Gasteiger partial charge in [-0.15, -0.1) is 0 Å². The number of carboxylic acids is 3. The third-order valence-corrected chi connectivity index (χ3v) is 5.16. The Morgan fingerprint density at radius 2 is 1.29 bits per heavy atom. The number of unbranched alkanes of at least 4 members (excludes halogenated alkanes) is 1. The summed E-state index contributed by atoms with van der Waals surface area (Å²) in [6.45, 7) is 0.473. The lowest BCUT2D eigenvalue weighted by Gasteiger charge is -2.24. The molecule has 0 radical (unpaired) electrons. The zero-order valence-electron chi connectivity index (χ0n) is 20.9. The Morgan fingerprint density at radius 1 is 0.711 bits per heavy atom. The molecule has 0 fully saturated rings. The van der Waals surface area contributed by atoms with E-state index in [4.69, 9.17) is 28.0 Å². The van der Waals surface area contributed by atoms with Gasteiger partial charge < -0.3 is 54.2 Å². The Balaban J connectivity index is 5.50. The van der Waals surface area contributed by atoms with Crippen LogP contribution in [-0.2, 0) is 28.8 Å². The van der Waals surface area contributed by atoms with Gasteiger partial charge in [0.15, 0.2) is 5.96 Å². The molecule has 0 aliphatic carbocycles. The molecule has 0 aromatic rings. The Morgan fingerprint density at radius 3 is 1.82 bits per heavy atom. The van der Waals surface area contributed by atoms with E-state index >= 15 is 0 Å². The van der Waals surface area contributed by atoms with Crippen LogP contribution in [0.5, 0.6) is 0 Å². The van der Waals surface area contributed by atoms with Gasteiger partial charge in [-0.3, -0.25) is 29.0 Å². The SMILES string of the molecule is NCCCCC(N)C(=O)NC(CCC(=O)O)C(=O)NC(CC(=O)O)C(=O)NC(CCCN=C(N)N)C(=O)O. The first-order chi connectivity index (χ1) is 17.8. The van der Waals surface area contributed by atoms with Crippen molar-refractivity contribution >= 4 is 41.6 Å². The van der Waals surface area contributed by atoms with Gasteiger partial charge in [0.05, 0.1) is 12.5 Å². The van der Waals surface area contributed by atoms with Crippen LogP contribution in [0.4, 0.5) is 0 Å². The molecule has 0 bridgehead atoms. The average molecular weight is 547 g/mol. The van der Waals surface area contributed by atoms with Gasteiger partial charge in [-0.05, 0) is 38.6 Å². The van der Waals surface area contributed by atoms with Gasteiger partial charge in [-0.2, -0.15) is 0 Å². The predicted octanol–water partition coefficient (Wildman–Crippen LogP) is -3.63. The van der Waals surface area contributed by atoms with Crippen LogP contribution >= 0.6 is 0 Å². The van der Waals surface area contributed by atoms with Crippen molar-refractivity contribution in [2.45, 2.75) is 75.5 Å². The molecule has 17 nitrogen and oxygen atoms in total. The highest BCUT2D eigenvalue weighted by atomic mass is 16.4. The summed E-state index contributed by atoms with van der Waals surface area (Å²) in [7, 11) is 0. The second-order valence-corrected chi connectivity index (χ2v) is 8.39. The van der Waals surface area contributed by atoms with E-state index in [1.54, 1.807) is 0 Å². The standard InChI is InChI=1S/C21H38N8O9/c22-8-2-1-4-11(23)17(34)27-12(6-7-15(30)31)18(35)29-14(10-16(32)33)19(36)28-13(20(37)38)5-3-9-26-21(24)25/h11-14H,1-10,22-23H2,(H,27,34)(H,28,36)(H,29,35)(H,30,31)(H,32,33)(H,37,38)(H4,24,25,26). The number of amides is 3. The maximum atomic E-state index is 12.9. The van der Waals surface area contributed by atoms with Crippen LogP contribution in [0.25, 0.3) is 0 Å². The molecule has 4 unspecified atom stereocenters. The molecule has 0 saturated heterocycles. The number of nitrogens with one attached hydrogen (secondary N) is 3. The summed E-state index contributed by atoms with van der Waals surface area (Å²) >= 11 is 0. The van der Waals surface area contributed by atoms with Crippen molar-refractivity contribution in [2.24, 2.45) is 27.9 Å². The van der Waals surface area contributed by atoms with Crippen molar-refractivity contribution in [1.82, 2.24) is 16.0 Å². The van der Waals surface area contributed by atoms with E-state index in [2.05, 4.69) is 20.9 Å². The van der Waals surface area contributed by atoms with Crippen molar-refractivity contribution < 1.29 is 44.1 Å². The highest BCUT2D eigenvalue weighted by Gasteiger charge is 2.31. The van der Waals surface area contributed by atoms with Gasteiger partial charge in [-0.25, -0.2) is 4.79 Å². The van der Waals surface area contributed by atoms with Crippen LogP contribution in [0.15, 0.2) is 4.99 Å². The number of carbonyl (C=O) groups excluding carboxylic acids is 3. The Hall–Kier alpha value is -3.99. The quantitative estimate of drug-likeness (QED) is 0.0401. The highest BCUT2D eigenvalue weighted by molar-refractivity contribution is 5.95. The van der Waals surface area contributed by atoms with E-state index in [1.807, 2.05) is 0 Å². The molecule has 4 atom stereocenters. The van der Waals surface area contributed by atoms with E-state index < -0.39 is 72.6 Å². The van der Waals surface area contributed by atoms with Crippen molar-refractivity contribution in [3.8, 4) is 0 Å². The lowest BCUT2D eigenvalue weighted by atomic mass is 10.1. The minimum atomic E-state index is -1.73. The molecule has 38 heavy (non-hydrogen) atoms. The molecule has 3 amide bonds. The smallest absolute Gasteiger partial charge is 0.326 e. The molecule has 0 rings (SSSR count). The van der Waals surface area contributed by atoms with E-state index in [0.717, 1.165) is 0 Å². The van der Waals surface area contributed by atoms with Gasteiger partial charge >= 0.3 is 17.9 Å². The summed E-state index contributed by atoms with van der Waals surface area (Å²) in [6.07, 6.45) is -0.378. The topological polar surface area (TPSA) is 316 Å². The molecule has 0 spiro atoms. The van der Waals surface area contributed by atoms with E-state index in [9.17, 15) is 39.0 Å². The van der Waals surface area contributed by atoms with Crippen LogP contribution in [0.1, 0.15) is 51.4 Å². The van der Waals surface area contributed by atoms with Crippen LogP contribution in [-0.4, -0.2) is 94.2 Å². The minimum Gasteiger partial charge on any atom is -0.481 e. The zero-order valence-corrected chi connectivity index (χ0v) is 20.9. The van der Waals surface area contributed by atoms with Crippen LogP contribution in [0.3, 0.4) is 0 Å². The Bertz CT molecular complexity index is 864. The number of hydrogen-bond acceptors (Lipinski definition) is 9. The molecular formula is C21H38N8O9. The van der Waals surface area contributed by atoms with Gasteiger partial charge in [0, 0.05) is 13.0 Å². The van der Waals surface area contributed by atoms with Crippen LogP contribution < -0.4 is 38.9 Å². The van der Waals surface area contributed by atoms with Crippen LogP contribution in [0.2, 0.25) is 0 Å². The van der Waals surface area contributed by atoms with Gasteiger partial charge in [0.25, 0.3) is 0 Å². The number of nitrogens with zero attached hydrogens (tertiary/aromatic N) is 1. The molecule has 0 aromatic heterocycles. The predicted molar refractivity (Wildman–Crippen MR) is 133 cm³/mol. The molecule has 17 heteroatoms. The first-order valence-corrected chi connectivity index (χ1v) is 11.9. The monoisotopic (exact) mass is 546 g/mol. The van der Waals surface area contributed by atoms with Crippen molar-refractivity contribution in [3.63, 3.8) is 0 Å². The summed E-state index contributed by atoms with van der Waals surface area (Å²) in [6, 6.07) is -5.66. The number of guanidine groups is 1. The third-order valence-electron chi connectivity index (χ3n) is 5.16. The fraction of sp³-hybridized carbons (Fsp3) is 0.667. The number of rotatable bonds is 20. The molecule has 216 valence electrons. The molecule has 0 saturated carbocycles. The summed E-state index contributed by atoms with van der Waals surface area (Å²) in [5, 5.41) is 34.2. The summed E-state index contributed by atoms with van der Waals surface area (Å²) in [5.41, 5.74) is 21.6. The number of carbonyl (C=O) groups is 6. The zero-order chi connectivity index (χ0) is 29.3. The lowest BCUT2D eigenvalue weighted by Crippen LogP contribution is -2.57. The van der Waals surface area contributed by atoms with Gasteiger partial charge in [0.2, 0.25) is 17.7 Å². The van der Waals surface area contributed by atoms with Crippen LogP contribution in [0, 0.1) is 0 Å². The van der Waals surface area contributed by atoms with Crippen molar-refractivity contribution in [1.29, 1.82) is 0 Å². The third kappa shape index (κ3) is 15.2. The second-order valence-electron chi connectivity index (χ2n) is 8.39. The van der Waals surface area contributed by atoms with Crippen molar-refractivity contribution in [2.75, 3.05) is 13.1 Å². The first kappa shape index (κ1) is 34.0. The van der Waals surface area contributed by atoms with Gasteiger partial charge in [-0.1, -0.05) is 6.42 Å². The maximum Gasteiger partial charge on any atom is 0.326 e.